The summed E-state index contributed by atoms with van der Waals surface area (Å²) in [5, 5.41) is 5.04. The zero-order valence-corrected chi connectivity index (χ0v) is 11.6. The molecular formula is C13H19N3O3. The van der Waals surface area contributed by atoms with Gasteiger partial charge in [-0.15, -0.1) is 0 Å². The van der Waals surface area contributed by atoms with Gasteiger partial charge >= 0.3 is 6.09 Å². The van der Waals surface area contributed by atoms with E-state index in [1.165, 1.54) is 0 Å². The van der Waals surface area contributed by atoms with Crippen molar-refractivity contribution in [3.05, 3.63) is 24.0 Å². The first-order valence-corrected chi connectivity index (χ1v) is 5.96. The van der Waals surface area contributed by atoms with Crippen LogP contribution in [0.25, 0.3) is 0 Å². The molecule has 104 valence electrons. The molecule has 0 bridgehead atoms. The molecule has 6 heteroatoms. The van der Waals surface area contributed by atoms with Crippen LogP contribution in [0.1, 0.15) is 26.5 Å². The van der Waals surface area contributed by atoms with Crippen molar-refractivity contribution in [2.24, 2.45) is 0 Å². The van der Waals surface area contributed by atoms with E-state index < -0.39 is 11.7 Å². The number of nitrogens with zero attached hydrogens (tertiary/aromatic N) is 1. The lowest BCUT2D eigenvalue weighted by Gasteiger charge is -2.19. The lowest BCUT2D eigenvalue weighted by atomic mass is 10.2. The second-order valence-electron chi connectivity index (χ2n) is 5.04. The summed E-state index contributed by atoms with van der Waals surface area (Å²) in [5.74, 6) is -0.332. The highest BCUT2D eigenvalue weighted by molar-refractivity contribution is 5.94. The number of aromatic nitrogens is 1. The highest BCUT2D eigenvalue weighted by atomic mass is 16.6. The van der Waals surface area contributed by atoms with Gasteiger partial charge in [0, 0.05) is 6.20 Å². The molecule has 0 aliphatic rings. The summed E-state index contributed by atoms with van der Waals surface area (Å²) in [6.45, 7) is 6.91. The molecule has 0 spiro atoms. The smallest absolute Gasteiger partial charge is 0.408 e. The van der Waals surface area contributed by atoms with Crippen molar-refractivity contribution in [1.29, 1.82) is 0 Å². The normalized spacial score (nSPS) is 10.7. The Labute approximate surface area is 112 Å². The number of pyridine rings is 1. The summed E-state index contributed by atoms with van der Waals surface area (Å²) in [7, 11) is 0. The van der Waals surface area contributed by atoms with Gasteiger partial charge in [-0.25, -0.2) is 4.79 Å². The van der Waals surface area contributed by atoms with Crippen LogP contribution >= 0.6 is 0 Å². The van der Waals surface area contributed by atoms with Crippen molar-refractivity contribution >= 4 is 17.7 Å². The predicted octanol–water partition coefficient (Wildman–Crippen LogP) is 1.85. The molecule has 0 aliphatic heterocycles. The van der Waals surface area contributed by atoms with E-state index in [-0.39, 0.29) is 12.5 Å². The molecule has 0 saturated carbocycles. The molecule has 0 aliphatic carbocycles. The molecule has 1 aromatic heterocycles. The lowest BCUT2D eigenvalue weighted by molar-refractivity contribution is -0.115. The average Bonchev–Trinajstić information content (AvgIpc) is 2.27. The van der Waals surface area contributed by atoms with Crippen LogP contribution in [-0.2, 0) is 9.53 Å². The Morgan fingerprint density at radius 1 is 1.37 bits per heavy atom. The fraction of sp³-hybridized carbons (Fsp3) is 0.462. The van der Waals surface area contributed by atoms with E-state index in [4.69, 9.17) is 4.74 Å². The number of ether oxygens (including phenoxy) is 1. The molecule has 0 atom stereocenters. The molecule has 0 aromatic carbocycles. The zero-order chi connectivity index (χ0) is 14.5. The third-order valence-corrected chi connectivity index (χ3v) is 2.07. The molecule has 19 heavy (non-hydrogen) atoms. The van der Waals surface area contributed by atoms with Crippen molar-refractivity contribution in [2.75, 3.05) is 11.9 Å². The zero-order valence-electron chi connectivity index (χ0n) is 11.6. The van der Waals surface area contributed by atoms with E-state index in [0.29, 0.717) is 11.4 Å². The Morgan fingerprint density at radius 3 is 2.63 bits per heavy atom. The first kappa shape index (κ1) is 14.9. The predicted molar refractivity (Wildman–Crippen MR) is 71.8 cm³/mol. The van der Waals surface area contributed by atoms with Gasteiger partial charge in [0.1, 0.15) is 12.1 Å². The molecule has 1 heterocycles. The monoisotopic (exact) mass is 265 g/mol. The van der Waals surface area contributed by atoms with E-state index in [0.717, 1.165) is 0 Å². The Bertz CT molecular complexity index is 466. The quantitative estimate of drug-likeness (QED) is 0.874. The number of hydrogen-bond donors (Lipinski definition) is 2. The van der Waals surface area contributed by atoms with Crippen molar-refractivity contribution < 1.29 is 14.3 Å². The van der Waals surface area contributed by atoms with Gasteiger partial charge in [-0.2, -0.15) is 0 Å². The number of carbonyl (C=O) groups is 2. The van der Waals surface area contributed by atoms with Gasteiger partial charge in [0.2, 0.25) is 5.91 Å². The third-order valence-electron chi connectivity index (χ3n) is 2.07. The standard InChI is InChI=1S/C13H19N3O3/c1-9-10(6-5-7-14-9)16-11(17)8-15-12(18)19-13(2,3)4/h5-7H,8H2,1-4H3,(H,15,18)(H,16,17). The Kier molecular flexibility index (Phi) is 4.86. The minimum absolute atomic E-state index is 0.150. The highest BCUT2D eigenvalue weighted by Gasteiger charge is 2.16. The van der Waals surface area contributed by atoms with Crippen LogP contribution in [0, 0.1) is 6.92 Å². The summed E-state index contributed by atoms with van der Waals surface area (Å²) in [4.78, 5) is 27.0. The Hall–Kier alpha value is -2.11. The third kappa shape index (κ3) is 5.85. The van der Waals surface area contributed by atoms with Gasteiger partial charge in [0.05, 0.1) is 11.4 Å². The van der Waals surface area contributed by atoms with Crippen LogP contribution in [0.2, 0.25) is 0 Å². The van der Waals surface area contributed by atoms with Crippen molar-refractivity contribution in [2.45, 2.75) is 33.3 Å². The molecule has 6 nitrogen and oxygen atoms in total. The molecule has 0 unspecified atom stereocenters. The van der Waals surface area contributed by atoms with Crippen LogP contribution < -0.4 is 10.6 Å². The van der Waals surface area contributed by atoms with Gasteiger partial charge in [-0.05, 0) is 39.8 Å². The molecule has 2 N–H and O–H groups in total. The number of carbonyl (C=O) groups excluding carboxylic acids is 2. The molecular weight excluding hydrogens is 246 g/mol. The topological polar surface area (TPSA) is 80.3 Å². The van der Waals surface area contributed by atoms with Crippen LogP contribution in [0.4, 0.5) is 10.5 Å². The summed E-state index contributed by atoms with van der Waals surface area (Å²) < 4.78 is 5.02. The highest BCUT2D eigenvalue weighted by Crippen LogP contribution is 2.09. The maximum Gasteiger partial charge on any atom is 0.408 e. The number of aryl methyl sites for hydroxylation is 1. The summed E-state index contributed by atoms with van der Waals surface area (Å²) in [6, 6.07) is 3.47. The second kappa shape index (κ2) is 6.17. The lowest BCUT2D eigenvalue weighted by Crippen LogP contribution is -2.37. The number of anilines is 1. The number of nitrogens with one attached hydrogen (secondary N) is 2. The molecule has 0 saturated heterocycles. The van der Waals surface area contributed by atoms with E-state index in [9.17, 15) is 9.59 Å². The molecule has 0 radical (unpaired) electrons. The molecule has 1 rings (SSSR count). The molecule has 2 amide bonds. The fourth-order valence-electron chi connectivity index (χ4n) is 1.28. The largest absolute Gasteiger partial charge is 0.444 e. The van der Waals surface area contributed by atoms with Gasteiger partial charge in [0.25, 0.3) is 0 Å². The van der Waals surface area contributed by atoms with Crippen LogP contribution in [0.3, 0.4) is 0 Å². The van der Waals surface area contributed by atoms with Crippen molar-refractivity contribution in [3.63, 3.8) is 0 Å². The second-order valence-corrected chi connectivity index (χ2v) is 5.04. The number of hydrogen-bond acceptors (Lipinski definition) is 4. The van der Waals surface area contributed by atoms with Gasteiger partial charge < -0.3 is 15.4 Å². The first-order valence-electron chi connectivity index (χ1n) is 5.96. The summed E-state index contributed by atoms with van der Waals surface area (Å²) >= 11 is 0. The summed E-state index contributed by atoms with van der Waals surface area (Å²) in [5.41, 5.74) is 0.757. The van der Waals surface area contributed by atoms with Crippen molar-refractivity contribution in [3.8, 4) is 0 Å². The van der Waals surface area contributed by atoms with E-state index in [1.807, 2.05) is 0 Å². The van der Waals surface area contributed by atoms with Crippen LogP contribution in [0.5, 0.6) is 0 Å². The van der Waals surface area contributed by atoms with Gasteiger partial charge in [-0.1, -0.05) is 0 Å². The van der Waals surface area contributed by atoms with E-state index in [2.05, 4.69) is 15.6 Å². The number of amides is 2. The van der Waals surface area contributed by atoms with E-state index in [1.54, 1.807) is 46.0 Å². The Balaban J connectivity index is 2.41. The SMILES string of the molecule is Cc1ncccc1NC(=O)CNC(=O)OC(C)(C)C. The Morgan fingerprint density at radius 2 is 2.05 bits per heavy atom. The fourth-order valence-corrected chi connectivity index (χ4v) is 1.28. The summed E-state index contributed by atoms with van der Waals surface area (Å²) in [6.07, 6.45) is 1.02. The minimum atomic E-state index is -0.620. The maximum atomic E-state index is 11.6. The number of rotatable bonds is 3. The van der Waals surface area contributed by atoms with Crippen molar-refractivity contribution in [1.82, 2.24) is 10.3 Å². The van der Waals surface area contributed by atoms with Crippen LogP contribution in [0.15, 0.2) is 18.3 Å². The van der Waals surface area contributed by atoms with Crippen LogP contribution in [-0.4, -0.2) is 29.1 Å². The first-order chi connectivity index (χ1) is 8.78. The minimum Gasteiger partial charge on any atom is -0.444 e. The average molecular weight is 265 g/mol. The van der Waals surface area contributed by atoms with Gasteiger partial charge in [-0.3, -0.25) is 9.78 Å². The number of alkyl carbamates (subject to hydrolysis) is 1. The maximum absolute atomic E-state index is 11.6. The van der Waals surface area contributed by atoms with Gasteiger partial charge in [0.15, 0.2) is 0 Å². The molecule has 1 aromatic rings. The van der Waals surface area contributed by atoms with E-state index >= 15 is 0 Å². The molecule has 0 fully saturated rings.